The van der Waals surface area contributed by atoms with Gasteiger partial charge in [0.15, 0.2) is 0 Å². The van der Waals surface area contributed by atoms with Crippen LogP contribution in [0.2, 0.25) is 5.02 Å². The number of carbonyl (C=O) groups excluding carboxylic acids is 1. The number of likely N-dealkylation sites (N-methyl/N-ethyl adjacent to an activating group) is 1. The second kappa shape index (κ2) is 7.88. The second-order valence-corrected chi connectivity index (χ2v) is 6.96. The number of halogens is 2. The number of amides is 1. The maximum Gasteiger partial charge on any atom is 0.244 e. The maximum absolute atomic E-state index is 12.5. The molecule has 1 heterocycles. The Morgan fingerprint density at radius 1 is 1.27 bits per heavy atom. The summed E-state index contributed by atoms with van der Waals surface area (Å²) in [6, 6.07) is 10.8. The van der Waals surface area contributed by atoms with E-state index in [0.29, 0.717) is 22.3 Å². The van der Waals surface area contributed by atoms with Crippen LogP contribution >= 0.6 is 27.5 Å². The van der Waals surface area contributed by atoms with Gasteiger partial charge in [-0.05, 0) is 36.4 Å². The van der Waals surface area contributed by atoms with E-state index in [1.54, 1.807) is 30.1 Å². The Morgan fingerprint density at radius 3 is 2.85 bits per heavy atom. The molecule has 2 aromatic carbocycles. The molecular formula is C18H16BrClN4O2. The highest BCUT2D eigenvalue weighted by molar-refractivity contribution is 9.10. The normalized spacial score (nSPS) is 10.6. The number of nitrogens with zero attached hydrogens (tertiary/aromatic N) is 3. The first-order valence-corrected chi connectivity index (χ1v) is 8.90. The molecule has 26 heavy (non-hydrogen) atoms. The number of rotatable bonds is 5. The minimum atomic E-state index is -0.213. The molecule has 0 aliphatic carbocycles. The zero-order chi connectivity index (χ0) is 18.7. The SMILES string of the molecule is COc1ccc(Cl)cc1NC(=O)CN(C)c1ncnc2ccc(Br)cc12. The lowest BCUT2D eigenvalue weighted by molar-refractivity contribution is -0.114. The molecule has 0 aliphatic rings. The first-order valence-electron chi connectivity index (χ1n) is 7.72. The van der Waals surface area contributed by atoms with Crippen LogP contribution in [0.15, 0.2) is 47.2 Å². The smallest absolute Gasteiger partial charge is 0.244 e. The molecular weight excluding hydrogens is 420 g/mol. The van der Waals surface area contributed by atoms with E-state index in [0.717, 1.165) is 15.4 Å². The molecule has 0 atom stereocenters. The highest BCUT2D eigenvalue weighted by Gasteiger charge is 2.14. The highest BCUT2D eigenvalue weighted by Crippen LogP contribution is 2.28. The Labute approximate surface area is 164 Å². The van der Waals surface area contributed by atoms with Crippen LogP contribution in [0.5, 0.6) is 5.75 Å². The van der Waals surface area contributed by atoms with Crippen LogP contribution in [-0.4, -0.2) is 36.6 Å². The van der Waals surface area contributed by atoms with Crippen molar-refractivity contribution in [3.05, 3.63) is 52.2 Å². The predicted molar refractivity (Wildman–Crippen MR) is 107 cm³/mol. The minimum absolute atomic E-state index is 0.105. The molecule has 0 saturated heterocycles. The Bertz CT molecular complexity index is 967. The van der Waals surface area contributed by atoms with E-state index in [4.69, 9.17) is 16.3 Å². The van der Waals surface area contributed by atoms with Crippen molar-refractivity contribution >= 4 is 55.8 Å². The minimum Gasteiger partial charge on any atom is -0.495 e. The number of carbonyl (C=O) groups is 1. The first-order chi connectivity index (χ1) is 12.5. The largest absolute Gasteiger partial charge is 0.495 e. The lowest BCUT2D eigenvalue weighted by Gasteiger charge is -2.19. The topological polar surface area (TPSA) is 67.3 Å². The van der Waals surface area contributed by atoms with E-state index in [-0.39, 0.29) is 12.5 Å². The fourth-order valence-corrected chi connectivity index (χ4v) is 3.11. The number of methoxy groups -OCH3 is 1. The van der Waals surface area contributed by atoms with Crippen molar-refractivity contribution in [2.45, 2.75) is 0 Å². The third kappa shape index (κ3) is 4.05. The Kier molecular flexibility index (Phi) is 5.58. The van der Waals surface area contributed by atoms with Gasteiger partial charge in [-0.25, -0.2) is 9.97 Å². The van der Waals surface area contributed by atoms with Gasteiger partial charge in [-0.1, -0.05) is 27.5 Å². The molecule has 0 aliphatic heterocycles. The van der Waals surface area contributed by atoms with Crippen molar-refractivity contribution in [1.82, 2.24) is 9.97 Å². The summed E-state index contributed by atoms with van der Waals surface area (Å²) in [4.78, 5) is 22.8. The van der Waals surface area contributed by atoms with Crippen LogP contribution in [0.1, 0.15) is 0 Å². The number of hydrogen-bond acceptors (Lipinski definition) is 5. The number of ether oxygens (including phenoxy) is 1. The molecule has 0 bridgehead atoms. The summed E-state index contributed by atoms with van der Waals surface area (Å²) < 4.78 is 6.17. The molecule has 0 radical (unpaired) electrons. The predicted octanol–water partition coefficient (Wildman–Crippen LogP) is 4.13. The lowest BCUT2D eigenvalue weighted by atomic mass is 10.2. The monoisotopic (exact) mass is 434 g/mol. The van der Waals surface area contributed by atoms with Gasteiger partial charge in [0.05, 0.1) is 24.9 Å². The molecule has 1 aromatic heterocycles. The van der Waals surface area contributed by atoms with Crippen LogP contribution in [0, 0.1) is 0 Å². The second-order valence-electron chi connectivity index (χ2n) is 5.61. The number of hydrogen-bond donors (Lipinski definition) is 1. The molecule has 0 spiro atoms. The van der Waals surface area contributed by atoms with E-state index >= 15 is 0 Å². The van der Waals surface area contributed by atoms with Crippen LogP contribution in [0.25, 0.3) is 10.9 Å². The summed E-state index contributed by atoms with van der Waals surface area (Å²) >= 11 is 9.45. The molecule has 3 aromatic rings. The summed E-state index contributed by atoms with van der Waals surface area (Å²) in [5.74, 6) is 1.00. The zero-order valence-electron chi connectivity index (χ0n) is 14.2. The van der Waals surface area contributed by atoms with Crippen molar-refractivity contribution in [2.24, 2.45) is 0 Å². The van der Waals surface area contributed by atoms with E-state index in [1.165, 1.54) is 13.4 Å². The fraction of sp³-hybridized carbons (Fsp3) is 0.167. The van der Waals surface area contributed by atoms with E-state index in [2.05, 4.69) is 31.2 Å². The van der Waals surface area contributed by atoms with E-state index < -0.39 is 0 Å². The standard InChI is InChI=1S/C18H16BrClN4O2/c1-24(18-13-7-11(19)3-5-14(13)21-10-22-18)9-17(25)23-15-8-12(20)4-6-16(15)26-2/h3-8,10H,9H2,1-2H3,(H,23,25). The van der Waals surface area contributed by atoms with Gasteiger partial charge in [0, 0.05) is 21.9 Å². The number of fused-ring (bicyclic) bond motifs is 1. The Balaban J connectivity index is 1.80. The van der Waals surface area contributed by atoms with Crippen LogP contribution in [0.3, 0.4) is 0 Å². The number of nitrogens with one attached hydrogen (secondary N) is 1. The average molecular weight is 436 g/mol. The molecule has 6 nitrogen and oxygen atoms in total. The highest BCUT2D eigenvalue weighted by atomic mass is 79.9. The summed E-state index contributed by atoms with van der Waals surface area (Å²) in [5, 5.41) is 4.19. The number of benzene rings is 2. The van der Waals surface area contributed by atoms with Crippen LogP contribution in [0.4, 0.5) is 11.5 Å². The molecule has 1 amide bonds. The first kappa shape index (κ1) is 18.4. The van der Waals surface area contributed by atoms with Crippen molar-refractivity contribution in [3.63, 3.8) is 0 Å². The fourth-order valence-electron chi connectivity index (χ4n) is 2.58. The summed E-state index contributed by atoms with van der Waals surface area (Å²) in [7, 11) is 3.34. The third-order valence-electron chi connectivity index (χ3n) is 3.75. The summed E-state index contributed by atoms with van der Waals surface area (Å²) in [5.41, 5.74) is 1.33. The van der Waals surface area contributed by atoms with Gasteiger partial charge >= 0.3 is 0 Å². The molecule has 0 unspecified atom stereocenters. The lowest BCUT2D eigenvalue weighted by Crippen LogP contribution is -2.31. The Hall–Kier alpha value is -2.38. The van der Waals surface area contributed by atoms with Crippen LogP contribution < -0.4 is 15.0 Å². The summed E-state index contributed by atoms with van der Waals surface area (Å²) in [6.45, 7) is 0.105. The van der Waals surface area contributed by atoms with Gasteiger partial charge in [-0.15, -0.1) is 0 Å². The van der Waals surface area contributed by atoms with Gasteiger partial charge in [0.1, 0.15) is 17.9 Å². The van der Waals surface area contributed by atoms with Gasteiger partial charge in [0.2, 0.25) is 5.91 Å². The molecule has 3 rings (SSSR count). The number of aromatic nitrogens is 2. The van der Waals surface area contributed by atoms with E-state index in [1.807, 2.05) is 18.2 Å². The molecule has 8 heteroatoms. The number of anilines is 2. The van der Waals surface area contributed by atoms with Crippen molar-refractivity contribution in [3.8, 4) is 5.75 Å². The molecule has 1 N–H and O–H groups in total. The average Bonchev–Trinajstić information content (AvgIpc) is 2.61. The molecule has 134 valence electrons. The molecule has 0 saturated carbocycles. The maximum atomic E-state index is 12.5. The van der Waals surface area contributed by atoms with Crippen molar-refractivity contribution < 1.29 is 9.53 Å². The van der Waals surface area contributed by atoms with E-state index in [9.17, 15) is 4.79 Å². The van der Waals surface area contributed by atoms with Gasteiger partial charge in [-0.3, -0.25) is 4.79 Å². The van der Waals surface area contributed by atoms with Crippen molar-refractivity contribution in [2.75, 3.05) is 30.9 Å². The van der Waals surface area contributed by atoms with Gasteiger partial charge < -0.3 is 15.0 Å². The summed E-state index contributed by atoms with van der Waals surface area (Å²) in [6.07, 6.45) is 1.49. The van der Waals surface area contributed by atoms with Crippen LogP contribution in [-0.2, 0) is 4.79 Å². The Morgan fingerprint density at radius 2 is 2.08 bits per heavy atom. The zero-order valence-corrected chi connectivity index (χ0v) is 16.5. The third-order valence-corrected chi connectivity index (χ3v) is 4.48. The molecule has 0 fully saturated rings. The quantitative estimate of drug-likeness (QED) is 0.653. The van der Waals surface area contributed by atoms with Crippen molar-refractivity contribution in [1.29, 1.82) is 0 Å². The van der Waals surface area contributed by atoms with Gasteiger partial charge in [0.25, 0.3) is 0 Å². The van der Waals surface area contributed by atoms with Gasteiger partial charge in [-0.2, -0.15) is 0 Å².